The summed E-state index contributed by atoms with van der Waals surface area (Å²) in [5.74, 6) is -0.268. The Labute approximate surface area is 133 Å². The van der Waals surface area contributed by atoms with Crippen molar-refractivity contribution in [3.63, 3.8) is 0 Å². The minimum Gasteiger partial charge on any atom is -0.294 e. The highest BCUT2D eigenvalue weighted by molar-refractivity contribution is 7.03. The molecule has 0 aliphatic rings. The molecule has 1 heterocycles. The Kier molecular flexibility index (Phi) is 4.51. The Morgan fingerprint density at radius 2 is 1.55 bits per heavy atom. The van der Waals surface area contributed by atoms with Crippen LogP contribution in [0.3, 0.4) is 0 Å². The summed E-state index contributed by atoms with van der Waals surface area (Å²) < 4.78 is 3.79. The molecule has 0 unspecified atom stereocenters. The molecule has 0 radical (unpaired) electrons. The van der Waals surface area contributed by atoms with Crippen molar-refractivity contribution in [3.05, 3.63) is 88.9 Å². The normalized spacial score (nSPS) is 11.1. The van der Waals surface area contributed by atoms with Crippen LogP contribution in [0, 0.1) is 0 Å². The highest BCUT2D eigenvalue weighted by Crippen LogP contribution is 2.26. The van der Waals surface area contributed by atoms with Crippen molar-refractivity contribution in [2.45, 2.75) is 5.92 Å². The van der Waals surface area contributed by atoms with Gasteiger partial charge >= 0.3 is 0 Å². The van der Waals surface area contributed by atoms with Gasteiger partial charge in [0.05, 0.1) is 11.6 Å². The molecule has 0 saturated heterocycles. The first kappa shape index (κ1) is 14.4. The third-order valence-electron chi connectivity index (χ3n) is 3.35. The molecule has 0 bridgehead atoms. The van der Waals surface area contributed by atoms with E-state index >= 15 is 0 Å². The van der Waals surface area contributed by atoms with Crippen molar-refractivity contribution in [2.75, 3.05) is 0 Å². The first-order chi connectivity index (χ1) is 10.8. The molecule has 108 valence electrons. The summed E-state index contributed by atoms with van der Waals surface area (Å²) >= 11 is 1.27. The number of nitrogens with zero attached hydrogens (tertiary/aromatic N) is 2. The van der Waals surface area contributed by atoms with Crippen LogP contribution in [0.25, 0.3) is 6.08 Å². The van der Waals surface area contributed by atoms with E-state index in [0.29, 0.717) is 5.69 Å². The topological polar surface area (TPSA) is 42.9 Å². The fraction of sp³-hybridized carbons (Fsp3) is 0.0556. The smallest absolute Gasteiger partial charge is 0.167 e. The SMILES string of the molecule is O=C(/C=C/c1csnn1)C(c1ccccc1)c1ccccc1. The highest BCUT2D eigenvalue weighted by Gasteiger charge is 2.20. The molecule has 2 aromatic carbocycles. The zero-order chi connectivity index (χ0) is 15.2. The lowest BCUT2D eigenvalue weighted by Gasteiger charge is -2.15. The lowest BCUT2D eigenvalue weighted by atomic mass is 9.87. The molecule has 0 fully saturated rings. The van der Waals surface area contributed by atoms with Crippen LogP contribution in [0.2, 0.25) is 0 Å². The summed E-state index contributed by atoms with van der Waals surface area (Å²) in [6.45, 7) is 0. The molecule has 22 heavy (non-hydrogen) atoms. The van der Waals surface area contributed by atoms with Gasteiger partial charge in [-0.1, -0.05) is 65.2 Å². The first-order valence-corrected chi connectivity index (χ1v) is 7.77. The molecular weight excluding hydrogens is 292 g/mol. The van der Waals surface area contributed by atoms with Crippen molar-refractivity contribution in [1.29, 1.82) is 0 Å². The van der Waals surface area contributed by atoms with Crippen LogP contribution >= 0.6 is 11.5 Å². The monoisotopic (exact) mass is 306 g/mol. The summed E-state index contributed by atoms with van der Waals surface area (Å²) in [6, 6.07) is 19.6. The fourth-order valence-corrected chi connectivity index (χ4v) is 2.74. The number of carbonyl (C=O) groups excluding carboxylic acids is 1. The van der Waals surface area contributed by atoms with Gasteiger partial charge < -0.3 is 0 Å². The third kappa shape index (κ3) is 3.35. The van der Waals surface area contributed by atoms with E-state index in [9.17, 15) is 4.79 Å². The van der Waals surface area contributed by atoms with Gasteiger partial charge in [0, 0.05) is 5.38 Å². The van der Waals surface area contributed by atoms with Gasteiger partial charge in [0.2, 0.25) is 0 Å². The number of benzene rings is 2. The second-order valence-electron chi connectivity index (χ2n) is 4.82. The number of rotatable bonds is 5. The molecule has 0 N–H and O–H groups in total. The van der Waals surface area contributed by atoms with E-state index in [2.05, 4.69) is 9.59 Å². The molecule has 3 nitrogen and oxygen atoms in total. The van der Waals surface area contributed by atoms with Gasteiger partial charge in [0.15, 0.2) is 5.78 Å². The first-order valence-electron chi connectivity index (χ1n) is 6.93. The summed E-state index contributed by atoms with van der Waals surface area (Å²) in [4.78, 5) is 12.7. The second-order valence-corrected chi connectivity index (χ2v) is 5.43. The molecule has 3 rings (SSSR count). The number of aromatic nitrogens is 2. The van der Waals surface area contributed by atoms with E-state index in [4.69, 9.17) is 0 Å². The van der Waals surface area contributed by atoms with Crippen molar-refractivity contribution in [2.24, 2.45) is 0 Å². The minimum atomic E-state index is -0.301. The Morgan fingerprint density at radius 3 is 2.05 bits per heavy atom. The molecule has 3 aromatic rings. The standard InChI is InChI=1S/C18H14N2OS/c21-17(12-11-16-13-22-20-19-16)18(14-7-3-1-4-8-14)15-9-5-2-6-10-15/h1-13,18H/b12-11+. The van der Waals surface area contributed by atoms with E-state index in [1.165, 1.54) is 11.5 Å². The van der Waals surface area contributed by atoms with E-state index in [-0.39, 0.29) is 11.7 Å². The average Bonchev–Trinajstić information content (AvgIpc) is 3.09. The second kappa shape index (κ2) is 6.91. The Bertz CT molecular complexity index is 713. The molecule has 1 aromatic heterocycles. The van der Waals surface area contributed by atoms with Crippen LogP contribution in [-0.2, 0) is 4.79 Å². The van der Waals surface area contributed by atoms with Gasteiger partial charge in [0.25, 0.3) is 0 Å². The van der Waals surface area contributed by atoms with Crippen LogP contribution in [0.15, 0.2) is 72.1 Å². The predicted molar refractivity (Wildman–Crippen MR) is 88.7 cm³/mol. The molecule has 4 heteroatoms. The maximum atomic E-state index is 12.7. The van der Waals surface area contributed by atoms with Crippen LogP contribution in [-0.4, -0.2) is 15.4 Å². The molecule has 0 amide bonds. The minimum absolute atomic E-state index is 0.0328. The Balaban J connectivity index is 1.93. The van der Waals surface area contributed by atoms with Crippen LogP contribution in [0.1, 0.15) is 22.7 Å². The van der Waals surface area contributed by atoms with Gasteiger partial charge in [0.1, 0.15) is 0 Å². The van der Waals surface area contributed by atoms with E-state index in [0.717, 1.165) is 11.1 Å². The summed E-state index contributed by atoms with van der Waals surface area (Å²) in [6.07, 6.45) is 3.30. The molecule has 0 atom stereocenters. The van der Waals surface area contributed by atoms with Crippen molar-refractivity contribution in [1.82, 2.24) is 9.59 Å². The number of carbonyl (C=O) groups is 1. The number of hydrogen-bond donors (Lipinski definition) is 0. The van der Waals surface area contributed by atoms with Gasteiger partial charge in [-0.15, -0.1) is 5.10 Å². The number of ketones is 1. The predicted octanol–water partition coefficient (Wildman–Crippen LogP) is 3.95. The Morgan fingerprint density at radius 1 is 0.955 bits per heavy atom. The zero-order valence-corrected chi connectivity index (χ0v) is 12.6. The van der Waals surface area contributed by atoms with Gasteiger partial charge in [-0.2, -0.15) is 0 Å². The lowest BCUT2D eigenvalue weighted by molar-refractivity contribution is -0.115. The van der Waals surface area contributed by atoms with Gasteiger partial charge in [-0.3, -0.25) is 4.79 Å². The zero-order valence-electron chi connectivity index (χ0n) is 11.8. The Hall–Kier alpha value is -2.59. The van der Waals surface area contributed by atoms with Gasteiger partial charge in [-0.05, 0) is 34.8 Å². The molecule has 0 aliphatic carbocycles. The van der Waals surface area contributed by atoms with Crippen molar-refractivity contribution < 1.29 is 4.79 Å². The number of hydrogen-bond acceptors (Lipinski definition) is 4. The fourth-order valence-electron chi connectivity index (χ4n) is 2.32. The van der Waals surface area contributed by atoms with E-state index in [1.54, 1.807) is 12.2 Å². The van der Waals surface area contributed by atoms with Crippen molar-refractivity contribution in [3.8, 4) is 0 Å². The summed E-state index contributed by atoms with van der Waals surface area (Å²) in [5.41, 5.74) is 2.68. The molecular formula is C18H14N2OS. The van der Waals surface area contributed by atoms with Crippen molar-refractivity contribution >= 4 is 23.4 Å². The quantitative estimate of drug-likeness (QED) is 0.670. The largest absolute Gasteiger partial charge is 0.294 e. The summed E-state index contributed by atoms with van der Waals surface area (Å²) in [7, 11) is 0. The lowest BCUT2D eigenvalue weighted by Crippen LogP contribution is -2.11. The molecule has 0 spiro atoms. The van der Waals surface area contributed by atoms with Crippen LogP contribution in [0.5, 0.6) is 0 Å². The maximum absolute atomic E-state index is 12.7. The summed E-state index contributed by atoms with van der Waals surface area (Å²) in [5, 5.41) is 5.73. The molecule has 0 aliphatic heterocycles. The van der Waals surface area contributed by atoms with Gasteiger partial charge in [-0.25, -0.2) is 0 Å². The van der Waals surface area contributed by atoms with Crippen LogP contribution in [0.4, 0.5) is 0 Å². The average molecular weight is 306 g/mol. The van der Waals surface area contributed by atoms with Crippen LogP contribution < -0.4 is 0 Å². The molecule has 0 saturated carbocycles. The van der Waals surface area contributed by atoms with E-state index in [1.807, 2.05) is 66.0 Å². The number of allylic oxidation sites excluding steroid dienone is 1. The maximum Gasteiger partial charge on any atom is 0.167 e. The highest BCUT2D eigenvalue weighted by atomic mass is 32.1. The van der Waals surface area contributed by atoms with E-state index < -0.39 is 0 Å². The third-order valence-corrected chi connectivity index (χ3v) is 3.87.